The van der Waals surface area contributed by atoms with Crippen molar-refractivity contribution in [3.8, 4) is 5.75 Å². The van der Waals surface area contributed by atoms with Crippen LogP contribution >= 0.6 is 0 Å². The van der Waals surface area contributed by atoms with E-state index in [1.165, 1.54) is 6.20 Å². The molecular weight excluding hydrogens is 318 g/mol. The molecule has 0 aliphatic heterocycles. The number of methoxy groups -OCH3 is 1. The summed E-state index contributed by atoms with van der Waals surface area (Å²) < 4.78 is 5.23. The number of nitrogens with zero attached hydrogens (tertiary/aromatic N) is 2. The smallest absolute Gasteiger partial charge is 0.255 e. The molecule has 3 aromatic rings. The number of rotatable bonds is 5. The molecule has 0 saturated heterocycles. The fourth-order valence-corrected chi connectivity index (χ4v) is 2.68. The number of ether oxygens (including phenoxy) is 1. The van der Waals surface area contributed by atoms with Crippen LogP contribution in [0.4, 0.5) is 0 Å². The van der Waals surface area contributed by atoms with Crippen LogP contribution in [0.2, 0.25) is 0 Å². The van der Waals surface area contributed by atoms with E-state index in [-0.39, 0.29) is 18.0 Å². The van der Waals surface area contributed by atoms with Crippen LogP contribution < -0.4 is 10.3 Å². The number of H-pyrrole nitrogens is 1. The number of carbonyl (C=O) groups excluding carboxylic acids is 1. The number of fused-ring (bicyclic) bond motifs is 1. The number of hydrogen-bond acceptors (Lipinski definition) is 4. The largest absolute Gasteiger partial charge is 0.497 e. The second-order valence-corrected chi connectivity index (χ2v) is 5.64. The third-order valence-corrected chi connectivity index (χ3v) is 4.07. The van der Waals surface area contributed by atoms with Gasteiger partial charge in [-0.2, -0.15) is 0 Å². The minimum atomic E-state index is -0.199. The van der Waals surface area contributed by atoms with Crippen molar-refractivity contribution >= 4 is 16.8 Å². The monoisotopic (exact) mass is 337 g/mol. The minimum absolute atomic E-state index is 0.152. The molecule has 6 heteroatoms. The van der Waals surface area contributed by atoms with E-state index in [4.69, 9.17) is 4.74 Å². The van der Waals surface area contributed by atoms with Crippen molar-refractivity contribution in [1.29, 1.82) is 0 Å². The van der Waals surface area contributed by atoms with Crippen molar-refractivity contribution in [2.45, 2.75) is 13.5 Å². The molecule has 0 bridgehead atoms. The highest BCUT2D eigenvalue weighted by Crippen LogP contribution is 2.19. The second kappa shape index (κ2) is 7.17. The first kappa shape index (κ1) is 16.7. The molecule has 2 heterocycles. The topological polar surface area (TPSA) is 75.3 Å². The number of hydrogen-bond donors (Lipinski definition) is 1. The van der Waals surface area contributed by atoms with Gasteiger partial charge in [-0.25, -0.2) is 0 Å². The van der Waals surface area contributed by atoms with Gasteiger partial charge in [0, 0.05) is 35.4 Å². The van der Waals surface area contributed by atoms with Crippen molar-refractivity contribution < 1.29 is 9.53 Å². The number of aromatic nitrogens is 2. The Bertz CT molecular complexity index is 951. The zero-order chi connectivity index (χ0) is 17.8. The molecule has 128 valence electrons. The maximum absolute atomic E-state index is 12.6. The summed E-state index contributed by atoms with van der Waals surface area (Å²) >= 11 is 0. The van der Waals surface area contributed by atoms with Gasteiger partial charge in [-0.05, 0) is 43.3 Å². The maximum atomic E-state index is 12.6. The SMILES string of the molecule is CCN(Cc1cc2cc(OC)ccc2[nH]c1=O)C(=O)c1cccnc1. The van der Waals surface area contributed by atoms with E-state index >= 15 is 0 Å². The van der Waals surface area contributed by atoms with Gasteiger partial charge in [0.15, 0.2) is 0 Å². The van der Waals surface area contributed by atoms with E-state index < -0.39 is 0 Å². The van der Waals surface area contributed by atoms with Crippen LogP contribution in [0.25, 0.3) is 10.9 Å². The van der Waals surface area contributed by atoms with E-state index in [0.29, 0.717) is 23.4 Å². The number of pyridine rings is 2. The number of carbonyl (C=O) groups is 1. The van der Waals surface area contributed by atoms with E-state index in [1.807, 2.05) is 13.0 Å². The average Bonchev–Trinajstić information content (AvgIpc) is 2.66. The predicted octanol–water partition coefficient (Wildman–Crippen LogP) is 2.59. The molecule has 1 aromatic carbocycles. The highest BCUT2D eigenvalue weighted by atomic mass is 16.5. The summed E-state index contributed by atoms with van der Waals surface area (Å²) in [7, 11) is 1.60. The van der Waals surface area contributed by atoms with Gasteiger partial charge in [0.05, 0.1) is 19.2 Å². The zero-order valence-corrected chi connectivity index (χ0v) is 14.2. The lowest BCUT2D eigenvalue weighted by molar-refractivity contribution is 0.0751. The Balaban J connectivity index is 1.93. The summed E-state index contributed by atoms with van der Waals surface area (Å²) in [6.07, 6.45) is 3.15. The Labute approximate surface area is 145 Å². The quantitative estimate of drug-likeness (QED) is 0.776. The number of amides is 1. The van der Waals surface area contributed by atoms with Gasteiger partial charge < -0.3 is 14.6 Å². The average molecular weight is 337 g/mol. The molecule has 0 radical (unpaired) electrons. The zero-order valence-electron chi connectivity index (χ0n) is 14.2. The summed E-state index contributed by atoms with van der Waals surface area (Å²) in [6.45, 7) is 2.60. The lowest BCUT2D eigenvalue weighted by atomic mass is 10.1. The van der Waals surface area contributed by atoms with Crippen LogP contribution in [-0.4, -0.2) is 34.4 Å². The van der Waals surface area contributed by atoms with Gasteiger partial charge in [0.2, 0.25) is 0 Å². The molecule has 0 aliphatic rings. The number of nitrogens with one attached hydrogen (secondary N) is 1. The molecular formula is C19H19N3O3. The summed E-state index contributed by atoms with van der Waals surface area (Å²) in [6, 6.07) is 10.7. The van der Waals surface area contributed by atoms with E-state index in [2.05, 4.69) is 9.97 Å². The molecule has 0 unspecified atom stereocenters. The molecule has 0 aliphatic carbocycles. The van der Waals surface area contributed by atoms with Crippen LogP contribution in [-0.2, 0) is 6.54 Å². The standard InChI is InChI=1S/C19H19N3O3/c1-3-22(19(24)13-5-4-8-20-11-13)12-15-9-14-10-16(25-2)6-7-17(14)21-18(15)23/h4-11H,3,12H2,1-2H3,(H,21,23). The summed E-state index contributed by atoms with van der Waals surface area (Å²) in [4.78, 5) is 33.4. The van der Waals surface area contributed by atoms with Crippen molar-refractivity contribution in [3.63, 3.8) is 0 Å². The molecule has 0 spiro atoms. The fraction of sp³-hybridized carbons (Fsp3) is 0.211. The Kier molecular flexibility index (Phi) is 4.79. The molecule has 0 saturated carbocycles. The first-order chi connectivity index (χ1) is 12.1. The van der Waals surface area contributed by atoms with Gasteiger partial charge in [-0.15, -0.1) is 0 Å². The fourth-order valence-electron chi connectivity index (χ4n) is 2.68. The first-order valence-electron chi connectivity index (χ1n) is 8.01. The van der Waals surface area contributed by atoms with Crippen molar-refractivity contribution in [1.82, 2.24) is 14.9 Å². The Morgan fingerprint density at radius 2 is 2.12 bits per heavy atom. The summed E-state index contributed by atoms with van der Waals surface area (Å²) in [5, 5.41) is 0.860. The highest BCUT2D eigenvalue weighted by molar-refractivity contribution is 5.93. The van der Waals surface area contributed by atoms with Gasteiger partial charge in [0.1, 0.15) is 5.75 Å². The first-order valence-corrected chi connectivity index (χ1v) is 8.01. The highest BCUT2D eigenvalue weighted by Gasteiger charge is 2.16. The van der Waals surface area contributed by atoms with E-state index in [0.717, 1.165) is 10.9 Å². The van der Waals surface area contributed by atoms with Crippen LogP contribution in [0.15, 0.2) is 53.6 Å². The van der Waals surface area contributed by atoms with Gasteiger partial charge in [-0.1, -0.05) is 0 Å². The van der Waals surface area contributed by atoms with Crippen molar-refractivity contribution in [3.05, 3.63) is 70.3 Å². The van der Waals surface area contributed by atoms with E-state index in [1.54, 1.807) is 48.5 Å². The third-order valence-electron chi connectivity index (χ3n) is 4.07. The van der Waals surface area contributed by atoms with Crippen LogP contribution in [0, 0.1) is 0 Å². The molecule has 0 fully saturated rings. The minimum Gasteiger partial charge on any atom is -0.497 e. The summed E-state index contributed by atoms with van der Waals surface area (Å²) in [5.41, 5.74) is 1.56. The molecule has 0 atom stereocenters. The Morgan fingerprint density at radius 1 is 1.28 bits per heavy atom. The maximum Gasteiger partial charge on any atom is 0.255 e. The molecule has 3 rings (SSSR count). The van der Waals surface area contributed by atoms with Crippen LogP contribution in [0.1, 0.15) is 22.8 Å². The molecule has 25 heavy (non-hydrogen) atoms. The number of aromatic amines is 1. The Hall–Kier alpha value is -3.15. The number of benzene rings is 1. The van der Waals surface area contributed by atoms with Crippen molar-refractivity contribution in [2.24, 2.45) is 0 Å². The third kappa shape index (κ3) is 3.52. The normalized spacial score (nSPS) is 10.6. The van der Waals surface area contributed by atoms with Crippen molar-refractivity contribution in [2.75, 3.05) is 13.7 Å². The van der Waals surface area contributed by atoms with Crippen LogP contribution in [0.5, 0.6) is 5.75 Å². The van der Waals surface area contributed by atoms with E-state index in [9.17, 15) is 9.59 Å². The second-order valence-electron chi connectivity index (χ2n) is 5.64. The lowest BCUT2D eigenvalue weighted by Gasteiger charge is -2.20. The van der Waals surface area contributed by atoms with Gasteiger partial charge in [-0.3, -0.25) is 14.6 Å². The van der Waals surface area contributed by atoms with Gasteiger partial charge >= 0.3 is 0 Å². The molecule has 6 nitrogen and oxygen atoms in total. The Morgan fingerprint density at radius 3 is 2.80 bits per heavy atom. The molecule has 1 N–H and O–H groups in total. The van der Waals surface area contributed by atoms with Crippen LogP contribution in [0.3, 0.4) is 0 Å². The molecule has 1 amide bonds. The predicted molar refractivity (Wildman–Crippen MR) is 95.8 cm³/mol. The lowest BCUT2D eigenvalue weighted by Crippen LogP contribution is -2.32. The molecule has 2 aromatic heterocycles. The summed E-state index contributed by atoms with van der Waals surface area (Å²) in [5.74, 6) is 0.560. The van der Waals surface area contributed by atoms with Gasteiger partial charge in [0.25, 0.3) is 11.5 Å².